The summed E-state index contributed by atoms with van der Waals surface area (Å²) < 4.78 is 0. The molecule has 1 heterocycles. The Morgan fingerprint density at radius 1 is 1.00 bits per heavy atom. The number of rotatable bonds is 4. The summed E-state index contributed by atoms with van der Waals surface area (Å²) in [4.78, 5) is 4.89. The van der Waals surface area contributed by atoms with Crippen LogP contribution >= 0.6 is 0 Å². The van der Waals surface area contributed by atoms with Crippen molar-refractivity contribution < 1.29 is 0 Å². The lowest BCUT2D eigenvalue weighted by atomic mass is 9.95. The number of pyridine rings is 1. The SMILES string of the molecule is CCc1nc(-c2ccc(C)cc2)ccc1NC1CCCCC1. The first-order chi connectivity index (χ1) is 10.8. The molecule has 2 aromatic rings. The Morgan fingerprint density at radius 2 is 1.73 bits per heavy atom. The van der Waals surface area contributed by atoms with Crippen LogP contribution in [0.3, 0.4) is 0 Å². The molecule has 22 heavy (non-hydrogen) atoms. The van der Waals surface area contributed by atoms with E-state index < -0.39 is 0 Å². The average molecular weight is 294 g/mol. The summed E-state index contributed by atoms with van der Waals surface area (Å²) in [6, 6.07) is 13.6. The fourth-order valence-corrected chi connectivity index (χ4v) is 3.25. The molecule has 2 nitrogen and oxygen atoms in total. The largest absolute Gasteiger partial charge is 0.381 e. The maximum absolute atomic E-state index is 4.89. The Labute approximate surface area is 134 Å². The van der Waals surface area contributed by atoms with Crippen molar-refractivity contribution in [3.63, 3.8) is 0 Å². The Morgan fingerprint density at radius 3 is 2.41 bits per heavy atom. The van der Waals surface area contributed by atoms with Crippen LogP contribution < -0.4 is 5.32 Å². The predicted molar refractivity (Wildman–Crippen MR) is 94.3 cm³/mol. The molecule has 0 aliphatic heterocycles. The zero-order chi connectivity index (χ0) is 15.4. The van der Waals surface area contributed by atoms with Crippen LogP contribution in [0.2, 0.25) is 0 Å². The topological polar surface area (TPSA) is 24.9 Å². The van der Waals surface area contributed by atoms with Gasteiger partial charge in [0.2, 0.25) is 0 Å². The second-order valence-corrected chi connectivity index (χ2v) is 6.39. The summed E-state index contributed by atoms with van der Waals surface area (Å²) in [6.45, 7) is 4.30. The highest BCUT2D eigenvalue weighted by molar-refractivity contribution is 5.63. The molecule has 0 spiro atoms. The minimum atomic E-state index is 0.631. The smallest absolute Gasteiger partial charge is 0.0706 e. The first-order valence-electron chi connectivity index (χ1n) is 8.60. The highest BCUT2D eigenvalue weighted by atomic mass is 14.9. The van der Waals surface area contributed by atoms with Crippen molar-refractivity contribution >= 4 is 5.69 Å². The number of nitrogens with one attached hydrogen (secondary N) is 1. The fourth-order valence-electron chi connectivity index (χ4n) is 3.25. The summed E-state index contributed by atoms with van der Waals surface area (Å²) in [7, 11) is 0. The van der Waals surface area contributed by atoms with Crippen molar-refractivity contribution in [3.8, 4) is 11.3 Å². The van der Waals surface area contributed by atoms with Gasteiger partial charge >= 0.3 is 0 Å². The molecular formula is C20H26N2. The van der Waals surface area contributed by atoms with Gasteiger partial charge in [-0.1, -0.05) is 56.0 Å². The van der Waals surface area contributed by atoms with Crippen molar-refractivity contribution in [1.29, 1.82) is 0 Å². The molecule has 1 aromatic carbocycles. The molecule has 1 saturated carbocycles. The van der Waals surface area contributed by atoms with Gasteiger partial charge in [-0.25, -0.2) is 0 Å². The van der Waals surface area contributed by atoms with Crippen LogP contribution in [0, 0.1) is 6.92 Å². The zero-order valence-electron chi connectivity index (χ0n) is 13.7. The number of aromatic nitrogens is 1. The van der Waals surface area contributed by atoms with Crippen molar-refractivity contribution in [3.05, 3.63) is 47.7 Å². The zero-order valence-corrected chi connectivity index (χ0v) is 13.7. The van der Waals surface area contributed by atoms with E-state index in [1.807, 2.05) is 0 Å². The summed E-state index contributed by atoms with van der Waals surface area (Å²) in [5.41, 5.74) is 5.97. The number of hydrogen-bond acceptors (Lipinski definition) is 2. The lowest BCUT2D eigenvalue weighted by Gasteiger charge is -2.25. The van der Waals surface area contributed by atoms with Gasteiger partial charge < -0.3 is 5.32 Å². The van der Waals surface area contributed by atoms with E-state index in [0.29, 0.717) is 6.04 Å². The van der Waals surface area contributed by atoms with Gasteiger partial charge in [0.05, 0.1) is 17.1 Å². The maximum Gasteiger partial charge on any atom is 0.0706 e. The summed E-state index contributed by atoms with van der Waals surface area (Å²) in [5, 5.41) is 3.73. The number of nitrogens with zero attached hydrogens (tertiary/aromatic N) is 1. The fraction of sp³-hybridized carbons (Fsp3) is 0.450. The first kappa shape index (κ1) is 15.1. The minimum Gasteiger partial charge on any atom is -0.381 e. The maximum atomic E-state index is 4.89. The molecule has 1 aromatic heterocycles. The molecule has 0 saturated heterocycles. The normalized spacial score (nSPS) is 15.7. The van der Waals surface area contributed by atoms with E-state index in [1.54, 1.807) is 0 Å². The van der Waals surface area contributed by atoms with Gasteiger partial charge in [-0.05, 0) is 38.3 Å². The van der Waals surface area contributed by atoms with Gasteiger partial charge in [-0.15, -0.1) is 0 Å². The molecule has 3 rings (SSSR count). The number of benzene rings is 1. The average Bonchev–Trinajstić information content (AvgIpc) is 2.57. The molecule has 116 valence electrons. The standard InChI is InChI=1S/C20H26N2/c1-3-18-20(21-17-7-5-4-6-8-17)14-13-19(22-18)16-11-9-15(2)10-12-16/h9-14,17,21H,3-8H2,1-2H3. The van der Waals surface area contributed by atoms with Crippen molar-refractivity contribution in [2.24, 2.45) is 0 Å². The van der Waals surface area contributed by atoms with Gasteiger partial charge in [-0.2, -0.15) is 0 Å². The van der Waals surface area contributed by atoms with E-state index in [-0.39, 0.29) is 0 Å². The molecule has 0 radical (unpaired) electrons. The van der Waals surface area contributed by atoms with Crippen LogP contribution in [-0.2, 0) is 6.42 Å². The van der Waals surface area contributed by atoms with Gasteiger partial charge in [0.15, 0.2) is 0 Å². The van der Waals surface area contributed by atoms with E-state index in [4.69, 9.17) is 4.98 Å². The number of hydrogen-bond donors (Lipinski definition) is 1. The van der Waals surface area contributed by atoms with Crippen LogP contribution in [-0.4, -0.2) is 11.0 Å². The third-order valence-corrected chi connectivity index (χ3v) is 4.62. The summed E-state index contributed by atoms with van der Waals surface area (Å²) >= 11 is 0. The summed E-state index contributed by atoms with van der Waals surface area (Å²) in [6.07, 6.45) is 7.66. The number of anilines is 1. The lowest BCUT2D eigenvalue weighted by Crippen LogP contribution is -2.23. The van der Waals surface area contributed by atoms with E-state index in [1.165, 1.54) is 54.6 Å². The van der Waals surface area contributed by atoms with Crippen LogP contribution in [0.15, 0.2) is 36.4 Å². The van der Waals surface area contributed by atoms with E-state index in [2.05, 4.69) is 55.6 Å². The third kappa shape index (κ3) is 3.49. The second-order valence-electron chi connectivity index (χ2n) is 6.39. The van der Waals surface area contributed by atoms with Gasteiger partial charge in [-0.3, -0.25) is 4.98 Å². The highest BCUT2D eigenvalue weighted by Gasteiger charge is 2.15. The minimum absolute atomic E-state index is 0.631. The first-order valence-corrected chi connectivity index (χ1v) is 8.60. The molecule has 1 aliphatic carbocycles. The predicted octanol–water partition coefficient (Wildman–Crippen LogP) is 5.36. The van der Waals surface area contributed by atoms with Crippen LogP contribution in [0.5, 0.6) is 0 Å². The highest BCUT2D eigenvalue weighted by Crippen LogP contribution is 2.26. The van der Waals surface area contributed by atoms with E-state index in [0.717, 1.165) is 12.1 Å². The second kappa shape index (κ2) is 6.95. The van der Waals surface area contributed by atoms with Crippen LogP contribution in [0.4, 0.5) is 5.69 Å². The monoisotopic (exact) mass is 294 g/mol. The molecule has 0 atom stereocenters. The van der Waals surface area contributed by atoms with E-state index >= 15 is 0 Å². The Kier molecular flexibility index (Phi) is 4.77. The lowest BCUT2D eigenvalue weighted by molar-refractivity contribution is 0.462. The van der Waals surface area contributed by atoms with Crippen LogP contribution in [0.1, 0.15) is 50.3 Å². The molecule has 1 aliphatic rings. The summed E-state index contributed by atoms with van der Waals surface area (Å²) in [5.74, 6) is 0. The molecule has 0 bridgehead atoms. The van der Waals surface area contributed by atoms with Crippen LogP contribution in [0.25, 0.3) is 11.3 Å². The molecule has 1 fully saturated rings. The van der Waals surface area contributed by atoms with Gasteiger partial charge in [0.1, 0.15) is 0 Å². The molecule has 0 amide bonds. The third-order valence-electron chi connectivity index (χ3n) is 4.62. The van der Waals surface area contributed by atoms with E-state index in [9.17, 15) is 0 Å². The number of aryl methyl sites for hydroxylation is 2. The van der Waals surface area contributed by atoms with Crippen molar-refractivity contribution in [1.82, 2.24) is 4.98 Å². The van der Waals surface area contributed by atoms with Crippen molar-refractivity contribution in [2.75, 3.05) is 5.32 Å². The Bertz CT molecular complexity index is 610. The van der Waals surface area contributed by atoms with Crippen molar-refractivity contribution in [2.45, 2.75) is 58.4 Å². The molecular weight excluding hydrogens is 268 g/mol. The van der Waals surface area contributed by atoms with Gasteiger partial charge in [0.25, 0.3) is 0 Å². The molecule has 0 unspecified atom stereocenters. The Hall–Kier alpha value is -1.83. The quantitative estimate of drug-likeness (QED) is 0.820. The molecule has 2 heteroatoms. The van der Waals surface area contributed by atoms with Gasteiger partial charge in [0, 0.05) is 11.6 Å². The molecule has 1 N–H and O–H groups in total. The Balaban J connectivity index is 1.82.